The van der Waals surface area contributed by atoms with Crippen LogP contribution in [0.2, 0.25) is 10.0 Å². The lowest BCUT2D eigenvalue weighted by atomic mass is 9.82. The van der Waals surface area contributed by atoms with Gasteiger partial charge in [0.15, 0.2) is 0 Å². The largest absolute Gasteiger partial charge is 0.374 e. The van der Waals surface area contributed by atoms with Crippen molar-refractivity contribution in [3.63, 3.8) is 0 Å². The van der Waals surface area contributed by atoms with Crippen molar-refractivity contribution in [2.45, 2.75) is 288 Å². The van der Waals surface area contributed by atoms with Crippen molar-refractivity contribution in [3.05, 3.63) is 281 Å². The Kier molecular flexibility index (Phi) is 31.7. The maximum absolute atomic E-state index is 14.1. The Morgan fingerprint density at radius 1 is 0.508 bits per heavy atom. The molecule has 0 saturated heterocycles. The summed E-state index contributed by atoms with van der Waals surface area (Å²) < 4.78 is 28.3. The minimum atomic E-state index is -2.97. The normalized spacial score (nSPS) is 14.0. The Hall–Kier alpha value is -10.8. The van der Waals surface area contributed by atoms with E-state index in [0.29, 0.717) is 30.3 Å². The monoisotopic (exact) mass is 1810 g/mol. The van der Waals surface area contributed by atoms with Gasteiger partial charge >= 0.3 is 5.69 Å². The third kappa shape index (κ3) is 25.3. The van der Waals surface area contributed by atoms with Gasteiger partial charge in [-0.05, 0) is 190 Å². The molecule has 20 heteroatoms. The summed E-state index contributed by atoms with van der Waals surface area (Å²) in [6.07, 6.45) is 9.31. The number of aromatic amines is 5. The average Bonchev–Trinajstić information content (AvgIpc) is 1.58. The number of aromatic nitrogens is 7. The smallest absolute Gasteiger partial charge is 0.323 e. The first-order chi connectivity index (χ1) is 60.0. The number of anilines is 4. The highest BCUT2D eigenvalue weighted by atomic mass is 35.5. The Morgan fingerprint density at radius 2 is 1.01 bits per heavy atom. The van der Waals surface area contributed by atoms with Gasteiger partial charge in [0.1, 0.15) is 5.65 Å². The molecule has 5 aromatic heterocycles. The standard InChI is InChI=1S/C14H22ClN.C14H17F2NO.C13H18ClN.2C12H15NO.C12H15N.C11H14N2O.2C11H14N2/c1-10(2)16(6)12-9-7-8-11(13(12)15)14(3,4)5;1-9(18)17-8-14(15,16)12-10(13(2,3)4)6-5-7-11(12)17;1-13(2,3)10-8-12-9(7-11(10)14)5-6-15(12)4;1-12(2,3)9-6-4-5-8-7-13-11(14)10(8)9;1-12(2,3)9-6-4-5-8-7-10(14)13-11(8)9;1-12(2,3)10-6-4-5-9-7-8-13-11(9)10;1-11(2,3)7-5-4-6-8-9(7)13-10(14)12-8;1-11(2,3)9-5-7-13-10-8(9)4-6-12-10;1-11(2,3)9-6-4-5-8-7-12-13-10(8)9/h7-10H,1-6H3;5-7H,8H2,1-4H3;7-8H,5-6H2,1-4H3;2*4-6H,7H2,1-3H3,(H,13,14);4-8,13H,1-3H3;4-6H,1-3H3,(H2,12,13,14);2*4-7H,1-3H3,(H,12,13). The summed E-state index contributed by atoms with van der Waals surface area (Å²) in [6, 6.07) is 53.4. The third-order valence-electron chi connectivity index (χ3n) is 23.8. The molecular weight excluding hydrogens is 1660 g/mol. The quantitative estimate of drug-likeness (QED) is 0.0884. The lowest BCUT2D eigenvalue weighted by molar-refractivity contribution is -0.117. The van der Waals surface area contributed by atoms with E-state index in [1.165, 1.54) is 73.2 Å². The minimum Gasteiger partial charge on any atom is -0.374 e. The zero-order valence-corrected chi connectivity index (χ0v) is 84.8. The fraction of sp³-hybridized carbons (Fsp3) is 0.436. The summed E-state index contributed by atoms with van der Waals surface area (Å²) in [4.78, 5) is 67.4. The van der Waals surface area contributed by atoms with Gasteiger partial charge in [0, 0.05) is 97.0 Å². The number of halogens is 4. The van der Waals surface area contributed by atoms with Crippen molar-refractivity contribution < 1.29 is 23.2 Å². The van der Waals surface area contributed by atoms with Crippen LogP contribution < -0.4 is 31.0 Å². The molecule has 0 saturated carbocycles. The van der Waals surface area contributed by atoms with E-state index in [1.54, 1.807) is 18.2 Å². The van der Waals surface area contributed by atoms with E-state index >= 15 is 0 Å². The number of pyridine rings is 1. The number of likely N-dealkylation sites (N-methyl/N-ethyl adjacent to an activating group) is 1. The van der Waals surface area contributed by atoms with Gasteiger partial charge in [-0.1, -0.05) is 319 Å². The summed E-state index contributed by atoms with van der Waals surface area (Å²) in [5.41, 5.74) is 24.7. The lowest BCUT2D eigenvalue weighted by Crippen LogP contribution is -2.31. The van der Waals surface area contributed by atoms with Crippen molar-refractivity contribution in [2.75, 3.05) is 47.2 Å². The van der Waals surface area contributed by atoms with E-state index in [-0.39, 0.29) is 77.7 Å². The van der Waals surface area contributed by atoms with Gasteiger partial charge in [-0.3, -0.25) is 19.5 Å². The van der Waals surface area contributed by atoms with Crippen LogP contribution in [0.25, 0.3) is 43.9 Å². The number of nitrogens with zero attached hydrogens (tertiary/aromatic N) is 5. The van der Waals surface area contributed by atoms with Crippen LogP contribution in [-0.4, -0.2) is 86.1 Å². The van der Waals surface area contributed by atoms with Crippen LogP contribution in [0.15, 0.2) is 187 Å². The van der Waals surface area contributed by atoms with E-state index in [9.17, 15) is 28.0 Å². The Morgan fingerprint density at radius 3 is 1.58 bits per heavy atom. The summed E-state index contributed by atoms with van der Waals surface area (Å²) >= 11 is 12.8. The topological polar surface area (TPSA) is 207 Å². The molecule has 696 valence electrons. The predicted molar refractivity (Wildman–Crippen MR) is 546 cm³/mol. The molecule has 16 nitrogen and oxygen atoms in total. The number of imidazole rings is 1. The number of amides is 3. The van der Waals surface area contributed by atoms with Crippen LogP contribution in [0.3, 0.4) is 0 Å². The van der Waals surface area contributed by atoms with Gasteiger partial charge in [0.2, 0.25) is 11.8 Å². The fourth-order valence-corrected chi connectivity index (χ4v) is 17.6. The van der Waals surface area contributed by atoms with Crippen LogP contribution in [0.4, 0.5) is 31.5 Å². The molecule has 7 N–H and O–H groups in total. The molecule has 13 aromatic rings. The van der Waals surface area contributed by atoms with Gasteiger partial charge in [-0.2, -0.15) is 13.9 Å². The Bertz CT molecular complexity index is 5990. The maximum atomic E-state index is 14.1. The first-order valence-corrected chi connectivity index (χ1v) is 46.1. The maximum Gasteiger partial charge on any atom is 0.323 e. The minimum absolute atomic E-state index is 0.00713. The number of rotatable bonds is 2. The highest BCUT2D eigenvalue weighted by Crippen LogP contribution is 2.49. The van der Waals surface area contributed by atoms with Crippen LogP contribution >= 0.6 is 23.2 Å². The first-order valence-electron chi connectivity index (χ1n) is 45.3. The van der Waals surface area contributed by atoms with Gasteiger partial charge < -0.3 is 45.3 Å². The van der Waals surface area contributed by atoms with Crippen molar-refractivity contribution in [3.8, 4) is 0 Å². The van der Waals surface area contributed by atoms with E-state index in [4.69, 9.17) is 23.2 Å². The van der Waals surface area contributed by atoms with E-state index in [1.807, 2.05) is 94.1 Å². The van der Waals surface area contributed by atoms with Gasteiger partial charge in [-0.25, -0.2) is 9.78 Å². The summed E-state index contributed by atoms with van der Waals surface area (Å²) in [6.45, 7) is 65.0. The number of hydrogen-bond donors (Lipinski definition) is 7. The molecule has 17 rings (SSSR count). The number of para-hydroxylation sites is 4. The number of alkyl halides is 2. The number of carbonyl (C=O) groups excluding carboxylic acids is 3. The van der Waals surface area contributed by atoms with Crippen molar-refractivity contribution in [1.82, 2.24) is 40.4 Å². The molecule has 3 amide bonds. The highest BCUT2D eigenvalue weighted by molar-refractivity contribution is 6.34. The first kappa shape index (κ1) is 103. The molecule has 0 fully saturated rings. The predicted octanol–water partition coefficient (Wildman–Crippen LogP) is 27.6. The second kappa shape index (κ2) is 40.1. The summed E-state index contributed by atoms with van der Waals surface area (Å²) in [5.74, 6) is -3.13. The molecule has 9 heterocycles. The van der Waals surface area contributed by atoms with Crippen molar-refractivity contribution >= 4 is 108 Å². The molecule has 0 atom stereocenters. The SMILES string of the molecule is CC(=O)N1CC(F)(F)c2c1cccc2C(C)(C)C.CC(C)(C)c1cccc2[nH]c(=O)[nH]c12.CC(C)(C)c1cccc2c1C(=O)NC2.CC(C)(C)c1cccc2c1NC(=O)C2.CC(C)(C)c1cccc2cc[nH]c12.CC(C)(C)c1cccc2cn[nH]c12.CC(C)(C)c1ccnc2[nH]ccc12.CC(C)N(C)c1cccc(C(C)(C)C)c1Cl.CN1CCc2cc(Cl)c(C(C)(C)C)cc21. The van der Waals surface area contributed by atoms with E-state index < -0.39 is 12.5 Å². The van der Waals surface area contributed by atoms with Crippen LogP contribution in [0.1, 0.15) is 290 Å². The van der Waals surface area contributed by atoms with Gasteiger partial charge in [-0.15, -0.1) is 0 Å². The molecule has 0 aliphatic carbocycles. The number of fused-ring (bicyclic) bond motifs is 8. The summed E-state index contributed by atoms with van der Waals surface area (Å²) in [7, 11) is 4.23. The molecule has 8 aromatic carbocycles. The molecule has 0 bridgehead atoms. The molecule has 4 aliphatic heterocycles. The molecule has 0 unspecified atom stereocenters. The van der Waals surface area contributed by atoms with Crippen molar-refractivity contribution in [2.24, 2.45) is 0 Å². The fourth-order valence-electron chi connectivity index (χ4n) is 16.6. The van der Waals surface area contributed by atoms with Gasteiger partial charge in [0.25, 0.3) is 11.8 Å². The number of H-pyrrole nitrogens is 5. The second-order valence-corrected chi connectivity index (χ2v) is 44.9. The third-order valence-corrected chi connectivity index (χ3v) is 24.5. The van der Waals surface area contributed by atoms with Crippen LogP contribution in [-0.2, 0) is 83.6 Å². The number of nitrogens with one attached hydrogen (secondary N) is 7. The Labute approximate surface area is 782 Å². The molecule has 4 aliphatic rings. The lowest BCUT2D eigenvalue weighted by Gasteiger charge is -2.28. The zero-order chi connectivity index (χ0) is 96.9. The number of benzene rings is 8. The molecule has 130 heavy (non-hydrogen) atoms. The van der Waals surface area contributed by atoms with Crippen LogP contribution in [0.5, 0.6) is 0 Å². The van der Waals surface area contributed by atoms with Gasteiger partial charge in [0.05, 0.1) is 57.7 Å². The average molecular weight is 1810 g/mol. The number of carbonyl (C=O) groups is 3. The summed E-state index contributed by atoms with van der Waals surface area (Å²) in [5, 5.41) is 18.4. The Balaban J connectivity index is 0.000000165. The number of hydrogen-bond acceptors (Lipinski definition) is 8. The van der Waals surface area contributed by atoms with E-state index in [2.05, 4.69) is 341 Å². The van der Waals surface area contributed by atoms with E-state index in [0.717, 1.165) is 89.3 Å². The van der Waals surface area contributed by atoms with Crippen LogP contribution in [0, 0.1) is 0 Å². The molecular formula is C110H144Cl2F2N12O4. The molecule has 0 spiro atoms. The van der Waals surface area contributed by atoms with Crippen molar-refractivity contribution in [1.29, 1.82) is 0 Å². The molecule has 0 radical (unpaired) electrons. The highest BCUT2D eigenvalue weighted by Gasteiger charge is 2.48. The zero-order valence-electron chi connectivity index (χ0n) is 83.3. The second-order valence-electron chi connectivity index (χ2n) is 44.1.